The summed E-state index contributed by atoms with van der Waals surface area (Å²) in [5.41, 5.74) is 1.03. The lowest BCUT2D eigenvalue weighted by molar-refractivity contribution is 0.0997. The zero-order valence-electron chi connectivity index (χ0n) is 14.2. The number of aromatic nitrogens is 1. The van der Waals surface area contributed by atoms with Gasteiger partial charge in [0.05, 0.1) is 28.8 Å². The molecular formula is C18H15N3O4S2. The fourth-order valence-electron chi connectivity index (χ4n) is 2.47. The minimum absolute atomic E-state index is 0.0187. The number of rotatable bonds is 4. The fourth-order valence-corrected chi connectivity index (χ4v) is 4.15. The number of amides is 1. The molecule has 9 heteroatoms. The average molecular weight is 401 g/mol. The summed E-state index contributed by atoms with van der Waals surface area (Å²) in [4.78, 5) is 17.1. The Morgan fingerprint density at radius 2 is 2.11 bits per heavy atom. The Morgan fingerprint density at radius 3 is 2.78 bits per heavy atom. The van der Waals surface area contributed by atoms with Crippen molar-refractivity contribution in [3.8, 4) is 18.1 Å². The van der Waals surface area contributed by atoms with Gasteiger partial charge in [-0.15, -0.1) is 6.42 Å². The zero-order valence-corrected chi connectivity index (χ0v) is 15.9. The molecule has 0 saturated carbocycles. The molecule has 0 aliphatic heterocycles. The van der Waals surface area contributed by atoms with Crippen molar-refractivity contribution in [3.05, 3.63) is 52.8 Å². The molecule has 0 spiro atoms. The third-order valence-corrected chi connectivity index (χ3v) is 5.70. The minimum Gasteiger partial charge on any atom is -0.497 e. The van der Waals surface area contributed by atoms with E-state index in [2.05, 4.69) is 10.9 Å². The number of hydrogen-bond donors (Lipinski definition) is 1. The van der Waals surface area contributed by atoms with Crippen LogP contribution in [-0.2, 0) is 16.6 Å². The van der Waals surface area contributed by atoms with Crippen LogP contribution < -0.4 is 14.7 Å². The molecule has 0 bridgehead atoms. The van der Waals surface area contributed by atoms with E-state index in [4.69, 9.17) is 16.3 Å². The molecule has 1 aromatic heterocycles. The Balaban J connectivity index is 2.17. The smallest absolute Gasteiger partial charge is 0.279 e. The van der Waals surface area contributed by atoms with Gasteiger partial charge in [0.2, 0.25) is 10.0 Å². The molecule has 2 N–H and O–H groups in total. The van der Waals surface area contributed by atoms with Crippen LogP contribution in [0.5, 0.6) is 5.75 Å². The fraction of sp³-hybridized carbons (Fsp3) is 0.111. The second-order valence-corrected chi connectivity index (χ2v) is 8.07. The molecule has 0 unspecified atom stereocenters. The number of methoxy groups -OCH3 is 1. The van der Waals surface area contributed by atoms with E-state index in [0.29, 0.717) is 26.3 Å². The van der Waals surface area contributed by atoms with Crippen LogP contribution in [-0.4, -0.2) is 26.0 Å². The van der Waals surface area contributed by atoms with Crippen LogP contribution >= 0.6 is 11.3 Å². The van der Waals surface area contributed by atoms with Crippen molar-refractivity contribution >= 4 is 37.5 Å². The summed E-state index contributed by atoms with van der Waals surface area (Å²) in [6, 6.07) is 11.1. The number of nitrogens with two attached hydrogens (primary N) is 1. The van der Waals surface area contributed by atoms with Gasteiger partial charge in [-0.1, -0.05) is 23.3 Å². The van der Waals surface area contributed by atoms with Gasteiger partial charge in [-0.2, -0.15) is 4.99 Å². The molecule has 0 saturated heterocycles. The van der Waals surface area contributed by atoms with Crippen molar-refractivity contribution in [2.45, 2.75) is 11.4 Å². The quantitative estimate of drug-likeness (QED) is 0.672. The second-order valence-electron chi connectivity index (χ2n) is 5.50. The maximum Gasteiger partial charge on any atom is 0.279 e. The van der Waals surface area contributed by atoms with Gasteiger partial charge in [-0.05, 0) is 36.4 Å². The first-order valence-corrected chi connectivity index (χ1v) is 10.0. The predicted octanol–water partition coefficient (Wildman–Crippen LogP) is 1.73. The molecule has 2 aromatic carbocycles. The lowest BCUT2D eigenvalue weighted by atomic mass is 10.2. The van der Waals surface area contributed by atoms with Crippen LogP contribution in [0.1, 0.15) is 10.4 Å². The highest BCUT2D eigenvalue weighted by atomic mass is 32.2. The van der Waals surface area contributed by atoms with Crippen molar-refractivity contribution in [2.24, 2.45) is 10.1 Å². The normalized spacial score (nSPS) is 12.1. The Labute approximate surface area is 159 Å². The maximum absolute atomic E-state index is 12.5. The van der Waals surface area contributed by atoms with Crippen LogP contribution in [0.3, 0.4) is 0 Å². The van der Waals surface area contributed by atoms with Crippen molar-refractivity contribution in [3.63, 3.8) is 0 Å². The van der Waals surface area contributed by atoms with Gasteiger partial charge >= 0.3 is 0 Å². The SMILES string of the molecule is C#CCn1c(=NC(=O)c2cccc(OC)c2)sc2cc(S(N)(=O)=O)ccc21. The predicted molar refractivity (Wildman–Crippen MR) is 103 cm³/mol. The van der Waals surface area contributed by atoms with E-state index in [-0.39, 0.29) is 11.4 Å². The number of hydrogen-bond acceptors (Lipinski definition) is 5. The van der Waals surface area contributed by atoms with Gasteiger partial charge in [0.15, 0.2) is 4.80 Å². The monoisotopic (exact) mass is 401 g/mol. The Kier molecular flexibility index (Phi) is 5.14. The number of terminal acetylenes is 1. The number of nitrogens with zero attached hydrogens (tertiary/aromatic N) is 2. The molecule has 0 aliphatic rings. The zero-order chi connectivity index (χ0) is 19.6. The van der Waals surface area contributed by atoms with Crippen molar-refractivity contribution in [1.82, 2.24) is 4.57 Å². The Morgan fingerprint density at radius 1 is 1.33 bits per heavy atom. The second kappa shape index (κ2) is 7.36. The first-order valence-electron chi connectivity index (χ1n) is 7.66. The van der Waals surface area contributed by atoms with Crippen LogP contribution in [0.4, 0.5) is 0 Å². The van der Waals surface area contributed by atoms with Crippen molar-refractivity contribution < 1.29 is 17.9 Å². The van der Waals surface area contributed by atoms with Gasteiger partial charge in [0.25, 0.3) is 5.91 Å². The summed E-state index contributed by atoms with van der Waals surface area (Å²) in [6.07, 6.45) is 5.43. The number of carbonyl (C=O) groups is 1. The summed E-state index contributed by atoms with van der Waals surface area (Å²) in [5, 5.41) is 5.18. The number of primary sulfonamides is 1. The highest BCUT2D eigenvalue weighted by molar-refractivity contribution is 7.89. The molecule has 1 heterocycles. The number of thiazole rings is 1. The van der Waals surface area contributed by atoms with E-state index in [9.17, 15) is 13.2 Å². The first-order chi connectivity index (χ1) is 12.8. The summed E-state index contributed by atoms with van der Waals surface area (Å²) < 4.78 is 30.5. The minimum atomic E-state index is -3.84. The number of sulfonamides is 1. The summed E-state index contributed by atoms with van der Waals surface area (Å²) in [5.74, 6) is 2.60. The van der Waals surface area contributed by atoms with E-state index in [1.807, 2.05) is 0 Å². The number of fused-ring (bicyclic) bond motifs is 1. The van der Waals surface area contributed by atoms with Gasteiger partial charge < -0.3 is 9.30 Å². The third-order valence-electron chi connectivity index (χ3n) is 3.75. The topological polar surface area (TPSA) is 104 Å². The third kappa shape index (κ3) is 3.93. The molecule has 0 fully saturated rings. The molecule has 3 aromatic rings. The molecule has 0 atom stereocenters. The van der Waals surface area contributed by atoms with Gasteiger partial charge in [0, 0.05) is 5.56 Å². The molecule has 0 radical (unpaired) electrons. The molecular weight excluding hydrogens is 386 g/mol. The Bertz CT molecular complexity index is 1250. The van der Waals surface area contributed by atoms with Gasteiger partial charge in [0.1, 0.15) is 5.75 Å². The highest BCUT2D eigenvalue weighted by Gasteiger charge is 2.13. The summed E-state index contributed by atoms with van der Waals surface area (Å²) in [6.45, 7) is 0.180. The van der Waals surface area contributed by atoms with Crippen molar-refractivity contribution in [1.29, 1.82) is 0 Å². The van der Waals surface area contributed by atoms with E-state index in [0.717, 1.165) is 11.3 Å². The number of carbonyl (C=O) groups excluding carboxylic acids is 1. The molecule has 7 nitrogen and oxygen atoms in total. The molecule has 1 amide bonds. The summed E-state index contributed by atoms with van der Waals surface area (Å²) >= 11 is 1.16. The lowest BCUT2D eigenvalue weighted by Crippen LogP contribution is -2.16. The van der Waals surface area contributed by atoms with Crippen LogP contribution in [0.15, 0.2) is 52.4 Å². The molecule has 27 heavy (non-hydrogen) atoms. The molecule has 3 rings (SSSR count). The molecule has 138 valence electrons. The van der Waals surface area contributed by atoms with E-state index >= 15 is 0 Å². The standard InChI is InChI=1S/C18H15N3O4S2/c1-3-9-21-15-8-7-14(27(19,23)24)11-16(15)26-18(21)20-17(22)12-5-4-6-13(10-12)25-2/h1,4-8,10-11H,9H2,2H3,(H2,19,23,24). The maximum atomic E-state index is 12.5. The first kappa shape index (κ1) is 18.8. The summed E-state index contributed by atoms with van der Waals surface area (Å²) in [7, 11) is -2.33. The lowest BCUT2D eigenvalue weighted by Gasteiger charge is -2.02. The number of ether oxygens (including phenoxy) is 1. The van der Waals surface area contributed by atoms with E-state index in [1.165, 1.54) is 19.2 Å². The van der Waals surface area contributed by atoms with Gasteiger partial charge in [-0.25, -0.2) is 13.6 Å². The van der Waals surface area contributed by atoms with E-state index < -0.39 is 15.9 Å². The largest absolute Gasteiger partial charge is 0.497 e. The van der Waals surface area contributed by atoms with Crippen LogP contribution in [0.25, 0.3) is 10.2 Å². The highest BCUT2D eigenvalue weighted by Crippen LogP contribution is 2.21. The van der Waals surface area contributed by atoms with Gasteiger partial charge in [-0.3, -0.25) is 4.79 Å². The average Bonchev–Trinajstić information content (AvgIpc) is 2.98. The Hall–Kier alpha value is -2.93. The van der Waals surface area contributed by atoms with Crippen molar-refractivity contribution in [2.75, 3.05) is 7.11 Å². The number of benzene rings is 2. The molecule has 0 aliphatic carbocycles. The van der Waals surface area contributed by atoms with Crippen LogP contribution in [0.2, 0.25) is 0 Å². The van der Waals surface area contributed by atoms with Crippen LogP contribution in [0, 0.1) is 12.3 Å². The van der Waals surface area contributed by atoms with E-state index in [1.54, 1.807) is 34.9 Å².